The number of hydrogen-bond donors (Lipinski definition) is 6. The van der Waals surface area contributed by atoms with Crippen LogP contribution in [0.4, 0.5) is 32.0 Å². The summed E-state index contributed by atoms with van der Waals surface area (Å²) in [4.78, 5) is 87.9. The molecule has 2 atom stereocenters. The Balaban J connectivity index is 0.000000600. The van der Waals surface area contributed by atoms with Crippen molar-refractivity contribution in [2.45, 2.75) is 108 Å². The van der Waals surface area contributed by atoms with E-state index >= 15 is 0 Å². The summed E-state index contributed by atoms with van der Waals surface area (Å²) >= 11 is 1.70. The van der Waals surface area contributed by atoms with Gasteiger partial charge >= 0.3 is 30.0 Å². The number of carboxylic acids is 2. The summed E-state index contributed by atoms with van der Waals surface area (Å²) in [6.45, 7) is 10.3. The molecule has 2 aromatic heterocycles. The van der Waals surface area contributed by atoms with Gasteiger partial charge in [-0.2, -0.15) is 26.3 Å². The summed E-state index contributed by atoms with van der Waals surface area (Å²) in [6, 6.07) is 22.1. The van der Waals surface area contributed by atoms with Crippen LogP contribution in [0.15, 0.2) is 76.9 Å². The first kappa shape index (κ1) is 61.1. The third-order valence-corrected chi connectivity index (χ3v) is 15.8. The number of carboxylic acid groups (broad SMARTS) is 2. The van der Waals surface area contributed by atoms with E-state index in [9.17, 15) is 50.3 Å². The molecule has 0 bridgehead atoms. The first-order valence-corrected chi connectivity index (χ1v) is 27.5. The van der Waals surface area contributed by atoms with Crippen molar-refractivity contribution in [3.05, 3.63) is 110 Å². The number of aliphatic carboxylic acids is 2. The van der Waals surface area contributed by atoms with Crippen molar-refractivity contribution < 1.29 is 65.3 Å². The molecule has 6 heterocycles. The SMILES string of the molecule is Cc1ccc(NC2CNC2)cc1C(=O)N[C@@H](C)c1ccc(C#CC2CCN(CCCCC(=O)N3CCC(c4ccc5c(c4)n(C)c(=O)n5C4CCC(=O)NC4=O)CC3)CC2)c(-c2cccs2)c1.O=C(O)C(F)(F)F.O=C(O)C(F)(F)F. The molecule has 4 fully saturated rings. The summed E-state index contributed by atoms with van der Waals surface area (Å²) in [5, 5.41) is 28.7. The molecular formula is C57H64F6N8O9S. The molecule has 6 N–H and O–H groups in total. The fourth-order valence-electron chi connectivity index (χ4n) is 10.1. The second-order valence-electron chi connectivity index (χ2n) is 20.5. The number of carbonyl (C=O) groups is 6. The number of halogens is 6. The van der Waals surface area contributed by atoms with Crippen molar-refractivity contribution in [1.82, 2.24) is 34.9 Å². The number of hydrogen-bond acceptors (Lipinski definition) is 11. The van der Waals surface area contributed by atoms with E-state index in [2.05, 4.69) is 79.8 Å². The molecule has 5 aromatic rings. The van der Waals surface area contributed by atoms with Gasteiger partial charge in [0.1, 0.15) is 6.04 Å². The van der Waals surface area contributed by atoms with E-state index in [1.54, 1.807) is 23.0 Å². The molecule has 17 nitrogen and oxygen atoms in total. The molecule has 0 aliphatic carbocycles. The molecule has 4 saturated heterocycles. The van der Waals surface area contributed by atoms with Gasteiger partial charge < -0.3 is 36.0 Å². The van der Waals surface area contributed by atoms with Crippen molar-refractivity contribution in [3.8, 4) is 22.3 Å². The zero-order valence-electron chi connectivity index (χ0n) is 44.8. The number of carbonyl (C=O) groups excluding carboxylic acids is 4. The summed E-state index contributed by atoms with van der Waals surface area (Å²) in [5.74, 6) is 1.68. The predicted octanol–water partition coefficient (Wildman–Crippen LogP) is 8.14. The number of nitrogens with zero attached hydrogens (tertiary/aromatic N) is 4. The minimum atomic E-state index is -5.08. The number of fused-ring (bicyclic) bond motifs is 1. The average molecular weight is 1150 g/mol. The Bertz CT molecular complexity index is 3190. The maximum atomic E-state index is 13.5. The maximum absolute atomic E-state index is 13.5. The number of imidazole rings is 1. The molecule has 4 aliphatic rings. The number of thiophene rings is 1. The second-order valence-corrected chi connectivity index (χ2v) is 21.5. The number of aryl methyl sites for hydroxylation is 2. The zero-order valence-corrected chi connectivity index (χ0v) is 45.7. The number of alkyl halides is 6. The molecule has 1 unspecified atom stereocenters. The molecule has 81 heavy (non-hydrogen) atoms. The molecule has 0 spiro atoms. The monoisotopic (exact) mass is 1150 g/mol. The molecule has 24 heteroatoms. The average Bonchev–Trinajstić information content (AvgIpc) is 4.17. The minimum Gasteiger partial charge on any atom is -0.475 e. The van der Waals surface area contributed by atoms with Gasteiger partial charge in [-0.3, -0.25) is 33.6 Å². The molecular weight excluding hydrogens is 1090 g/mol. The number of unbranched alkanes of at least 4 members (excludes halogenated alkanes) is 1. The third-order valence-electron chi connectivity index (χ3n) is 14.9. The van der Waals surface area contributed by atoms with Crippen LogP contribution in [0.25, 0.3) is 21.5 Å². The summed E-state index contributed by atoms with van der Waals surface area (Å²) < 4.78 is 66.6. The standard InChI is InChI=1S/C53H62N8O5S.2C2HF3O2/c1-34-9-15-41(56-42-32-54-33-42)31-43(34)51(64)55-35(2)39-13-12-38(44(29-39)48-7-6-28-67-48)11-10-36-19-24-59(25-20-36)23-5-4-8-50(63)60-26-21-37(22-27-60)40-14-16-45-47(30-40)58(3)53(66)61(45)46-17-18-49(62)57-52(46)65;2*3-2(4,5)1(6)7/h6-7,9,12-16,28-31,35-37,42,46,54,56H,4-5,8,17-27,32-33H2,1-3H3,(H,55,64)(H,57,62,65);2*(H,6,7)/t35-,46?;;/m0../s1. The number of nitrogens with one attached hydrogen (secondary N) is 4. The first-order chi connectivity index (χ1) is 38.4. The Morgan fingerprint density at radius 3 is 2.11 bits per heavy atom. The fraction of sp³-hybridized carbons (Fsp3) is 0.456. The van der Waals surface area contributed by atoms with Crippen LogP contribution in [0.5, 0.6) is 0 Å². The van der Waals surface area contributed by atoms with Crippen LogP contribution in [0, 0.1) is 24.7 Å². The Labute approximate surface area is 467 Å². The number of anilines is 1. The molecule has 434 valence electrons. The zero-order chi connectivity index (χ0) is 58.8. The van der Waals surface area contributed by atoms with E-state index in [0.717, 1.165) is 128 Å². The summed E-state index contributed by atoms with van der Waals surface area (Å²) in [5.41, 5.74) is 8.07. The van der Waals surface area contributed by atoms with Crippen LogP contribution >= 0.6 is 11.3 Å². The van der Waals surface area contributed by atoms with E-state index in [4.69, 9.17) is 19.8 Å². The number of aromatic nitrogens is 2. The van der Waals surface area contributed by atoms with Crippen LogP contribution in [0.1, 0.15) is 115 Å². The topological polar surface area (TPSA) is 224 Å². The van der Waals surface area contributed by atoms with Crippen LogP contribution in [0.3, 0.4) is 0 Å². The lowest BCUT2D eigenvalue weighted by molar-refractivity contribution is -0.193. The van der Waals surface area contributed by atoms with Crippen molar-refractivity contribution in [3.63, 3.8) is 0 Å². The van der Waals surface area contributed by atoms with Gasteiger partial charge in [0.05, 0.1) is 23.1 Å². The van der Waals surface area contributed by atoms with E-state index in [1.807, 2.05) is 49.1 Å². The summed E-state index contributed by atoms with van der Waals surface area (Å²) in [7, 11) is 1.72. The van der Waals surface area contributed by atoms with Crippen LogP contribution < -0.4 is 27.0 Å². The number of piperidine rings is 3. The van der Waals surface area contributed by atoms with Gasteiger partial charge in [-0.25, -0.2) is 14.4 Å². The largest absolute Gasteiger partial charge is 0.490 e. The molecule has 0 radical (unpaired) electrons. The highest BCUT2D eigenvalue weighted by Gasteiger charge is 2.39. The van der Waals surface area contributed by atoms with E-state index in [-0.39, 0.29) is 41.8 Å². The molecule has 4 aliphatic heterocycles. The van der Waals surface area contributed by atoms with Crippen molar-refractivity contribution in [2.24, 2.45) is 13.0 Å². The minimum absolute atomic E-state index is 0.0817. The number of amides is 4. The van der Waals surface area contributed by atoms with E-state index < -0.39 is 36.2 Å². The number of imide groups is 1. The quantitative estimate of drug-likeness (QED) is 0.0285. The molecule has 3 aromatic carbocycles. The number of rotatable bonds is 13. The Hall–Kier alpha value is -7.49. The molecule has 4 amide bonds. The number of benzene rings is 3. The van der Waals surface area contributed by atoms with Crippen LogP contribution in [-0.4, -0.2) is 129 Å². The van der Waals surface area contributed by atoms with Crippen molar-refractivity contribution in [1.29, 1.82) is 0 Å². The highest BCUT2D eigenvalue weighted by atomic mass is 32.1. The van der Waals surface area contributed by atoms with Gasteiger partial charge in [-0.15, -0.1) is 11.3 Å². The van der Waals surface area contributed by atoms with Gasteiger partial charge in [0.25, 0.3) is 5.91 Å². The van der Waals surface area contributed by atoms with E-state index in [1.165, 1.54) is 4.57 Å². The Morgan fingerprint density at radius 1 is 0.827 bits per heavy atom. The van der Waals surface area contributed by atoms with Gasteiger partial charge in [0.2, 0.25) is 17.7 Å². The van der Waals surface area contributed by atoms with Gasteiger partial charge in [-0.05, 0) is 149 Å². The maximum Gasteiger partial charge on any atom is 0.490 e. The Kier molecular flexibility index (Phi) is 20.3. The molecule has 9 rings (SSSR count). The molecule has 0 saturated carbocycles. The third kappa shape index (κ3) is 16.1. The highest BCUT2D eigenvalue weighted by Crippen LogP contribution is 2.34. The normalized spacial score (nSPS) is 17.7. The second kappa shape index (κ2) is 26.9. The lowest BCUT2D eigenvalue weighted by atomic mass is 9.89. The summed E-state index contributed by atoms with van der Waals surface area (Å²) in [6.07, 6.45) is -3.44. The van der Waals surface area contributed by atoms with Crippen LogP contribution in [-0.2, 0) is 31.0 Å². The first-order valence-electron chi connectivity index (χ1n) is 26.6. The van der Waals surface area contributed by atoms with Crippen molar-refractivity contribution in [2.75, 3.05) is 51.1 Å². The van der Waals surface area contributed by atoms with Gasteiger partial charge in [0, 0.05) is 79.2 Å². The van der Waals surface area contributed by atoms with Crippen molar-refractivity contribution >= 4 is 63.6 Å². The van der Waals surface area contributed by atoms with Gasteiger partial charge in [-0.1, -0.05) is 36.1 Å². The van der Waals surface area contributed by atoms with E-state index in [0.29, 0.717) is 35.9 Å². The number of likely N-dealkylation sites (tertiary alicyclic amines) is 2. The Morgan fingerprint density at radius 2 is 1.51 bits per heavy atom. The smallest absolute Gasteiger partial charge is 0.475 e. The lowest BCUT2D eigenvalue weighted by Crippen LogP contribution is -2.51. The van der Waals surface area contributed by atoms with Crippen LogP contribution in [0.2, 0.25) is 0 Å². The van der Waals surface area contributed by atoms with Gasteiger partial charge in [0.15, 0.2) is 0 Å². The highest BCUT2D eigenvalue weighted by molar-refractivity contribution is 7.13. The fourth-order valence-corrected chi connectivity index (χ4v) is 10.9. The lowest BCUT2D eigenvalue weighted by Gasteiger charge is -2.32. The predicted molar refractivity (Wildman–Crippen MR) is 292 cm³/mol.